The Bertz CT molecular complexity index is 693. The molecule has 24 heavy (non-hydrogen) atoms. The normalized spacial score (nSPS) is 11.5. The molecule has 1 heteroatoms. The van der Waals surface area contributed by atoms with E-state index < -0.39 is 18.4 Å². The first-order chi connectivity index (χ1) is 11.9. The van der Waals surface area contributed by atoms with Crippen LogP contribution >= 0.6 is 0 Å². The predicted octanol–water partition coefficient (Wildman–Crippen LogP) is 3.83. The minimum atomic E-state index is -3.16. The predicted molar refractivity (Wildman–Crippen MR) is 108 cm³/mol. The summed E-state index contributed by atoms with van der Waals surface area (Å²) < 4.78 is 6.95. The van der Waals surface area contributed by atoms with Crippen molar-refractivity contribution in [2.75, 3.05) is 0 Å². The second kappa shape index (κ2) is 8.16. The summed E-state index contributed by atoms with van der Waals surface area (Å²) in [4.78, 5) is 0. The fourth-order valence-electron chi connectivity index (χ4n) is 3.23. The molecule has 0 radical (unpaired) electrons. The third-order valence-corrected chi connectivity index (χ3v) is 17.1. The Hall–Kier alpha value is -2.06. The van der Waals surface area contributed by atoms with Gasteiger partial charge in [-0.3, -0.25) is 0 Å². The zero-order valence-corrected chi connectivity index (χ0v) is 16.7. The molecule has 0 aliphatic carbocycles. The molecule has 0 nitrogen and oxygen atoms in total. The van der Waals surface area contributed by atoms with Crippen molar-refractivity contribution in [1.29, 1.82) is 0 Å². The Kier molecular flexibility index (Phi) is 5.71. The van der Waals surface area contributed by atoms with Crippen molar-refractivity contribution < 1.29 is 0 Å². The topological polar surface area (TPSA) is 0 Å². The van der Waals surface area contributed by atoms with Gasteiger partial charge in [0.1, 0.15) is 0 Å². The molecule has 0 bridgehead atoms. The molecular weight excluding hydrogens is 395 g/mol. The van der Waals surface area contributed by atoms with E-state index >= 15 is 0 Å². The van der Waals surface area contributed by atoms with Gasteiger partial charge in [0.05, 0.1) is 0 Å². The van der Waals surface area contributed by atoms with Crippen LogP contribution in [0.15, 0.2) is 114 Å². The standard InChI is InChI=1S/3C6H5.C5H7.Sn/c3*1-2-4-6-5-3-1;1-3-5-4-2;/h3*1-5H;1,3-4H,2,5H2;. The summed E-state index contributed by atoms with van der Waals surface area (Å²) in [5.74, 6) is 0. The third kappa shape index (κ3) is 3.39. The number of benzene rings is 3. The van der Waals surface area contributed by atoms with E-state index in [1.165, 1.54) is 10.7 Å². The third-order valence-electron chi connectivity index (χ3n) is 4.36. The van der Waals surface area contributed by atoms with Crippen LogP contribution in [0.5, 0.6) is 0 Å². The monoisotopic (exact) mass is 418 g/mol. The van der Waals surface area contributed by atoms with Crippen LogP contribution in [0.2, 0.25) is 0 Å². The summed E-state index contributed by atoms with van der Waals surface area (Å²) in [5, 5.41) is 0. The fourth-order valence-corrected chi connectivity index (χ4v) is 15.3. The number of rotatable bonds is 6. The summed E-state index contributed by atoms with van der Waals surface area (Å²) in [6.45, 7) is 3.87. The molecule has 0 aliphatic rings. The summed E-state index contributed by atoms with van der Waals surface area (Å²) in [5.41, 5.74) is 0. The van der Waals surface area contributed by atoms with Gasteiger partial charge < -0.3 is 0 Å². The van der Waals surface area contributed by atoms with Crippen LogP contribution in [0.25, 0.3) is 0 Å². The molecule has 0 aliphatic heterocycles. The van der Waals surface area contributed by atoms with Crippen LogP contribution in [0.1, 0.15) is 6.42 Å². The molecule has 0 heterocycles. The van der Waals surface area contributed by atoms with Gasteiger partial charge in [0, 0.05) is 0 Å². The second-order valence-corrected chi connectivity index (χ2v) is 16.3. The summed E-state index contributed by atoms with van der Waals surface area (Å²) in [6, 6.07) is 33.1. The van der Waals surface area contributed by atoms with Crippen LogP contribution in [0, 0.1) is 0 Å². The van der Waals surface area contributed by atoms with Crippen LogP contribution in [0.4, 0.5) is 0 Å². The van der Waals surface area contributed by atoms with Gasteiger partial charge in [0.2, 0.25) is 0 Å². The molecule has 0 unspecified atom stereocenters. The molecule has 0 N–H and O–H groups in total. The maximum atomic E-state index is 3.87. The van der Waals surface area contributed by atoms with Crippen LogP contribution in [0.3, 0.4) is 0 Å². The summed E-state index contributed by atoms with van der Waals surface area (Å²) in [7, 11) is 0. The summed E-state index contributed by atoms with van der Waals surface area (Å²) >= 11 is -3.16. The number of allylic oxidation sites excluding steroid dienone is 2. The quantitative estimate of drug-likeness (QED) is 0.423. The molecule has 0 amide bonds. The van der Waals surface area contributed by atoms with Gasteiger partial charge >= 0.3 is 149 Å². The molecule has 3 aromatic rings. The van der Waals surface area contributed by atoms with Gasteiger partial charge in [0.25, 0.3) is 0 Å². The molecule has 3 rings (SSSR count). The van der Waals surface area contributed by atoms with E-state index in [4.69, 9.17) is 0 Å². The molecular formula is C23H22Sn. The zero-order valence-electron chi connectivity index (χ0n) is 13.8. The Balaban J connectivity index is 2.30. The van der Waals surface area contributed by atoms with E-state index in [-0.39, 0.29) is 0 Å². The Labute approximate surface area is 149 Å². The number of hydrogen-bond acceptors (Lipinski definition) is 0. The van der Waals surface area contributed by atoms with Crippen molar-refractivity contribution in [2.24, 2.45) is 0 Å². The average Bonchev–Trinajstić information content (AvgIpc) is 2.68. The van der Waals surface area contributed by atoms with Crippen LogP contribution < -0.4 is 10.7 Å². The van der Waals surface area contributed by atoms with E-state index in [0.29, 0.717) is 0 Å². The van der Waals surface area contributed by atoms with Gasteiger partial charge in [-0.15, -0.1) is 0 Å². The Morgan fingerprint density at radius 1 is 0.625 bits per heavy atom. The van der Waals surface area contributed by atoms with E-state index in [9.17, 15) is 0 Å². The van der Waals surface area contributed by atoms with E-state index in [1.54, 1.807) is 0 Å². The van der Waals surface area contributed by atoms with Crippen LogP contribution in [-0.4, -0.2) is 18.4 Å². The van der Waals surface area contributed by atoms with Crippen LogP contribution in [-0.2, 0) is 0 Å². The molecule has 0 fully saturated rings. The Morgan fingerprint density at radius 2 is 1.00 bits per heavy atom. The van der Waals surface area contributed by atoms with Crippen molar-refractivity contribution in [2.45, 2.75) is 6.42 Å². The molecule has 0 spiro atoms. The molecule has 0 atom stereocenters. The maximum absolute atomic E-state index is 3.87. The molecule has 0 aromatic heterocycles. The zero-order chi connectivity index (χ0) is 16.7. The second-order valence-electron chi connectivity index (χ2n) is 5.83. The van der Waals surface area contributed by atoms with Gasteiger partial charge in [-0.25, -0.2) is 0 Å². The molecule has 118 valence electrons. The van der Waals surface area contributed by atoms with Gasteiger partial charge in [0.15, 0.2) is 0 Å². The van der Waals surface area contributed by atoms with Crippen molar-refractivity contribution >= 4 is 29.1 Å². The van der Waals surface area contributed by atoms with Crippen molar-refractivity contribution in [3.8, 4) is 0 Å². The van der Waals surface area contributed by atoms with Gasteiger partial charge in [-0.05, 0) is 0 Å². The summed E-state index contributed by atoms with van der Waals surface area (Å²) in [6.07, 6.45) is 5.18. The van der Waals surface area contributed by atoms with E-state index in [1.807, 2.05) is 6.08 Å². The van der Waals surface area contributed by atoms with E-state index in [2.05, 4.69) is 108 Å². The number of hydrogen-bond donors (Lipinski definition) is 0. The molecule has 0 saturated carbocycles. The first kappa shape index (κ1) is 16.8. The fraction of sp³-hybridized carbons (Fsp3) is 0.0435. The molecule has 3 aromatic carbocycles. The van der Waals surface area contributed by atoms with Gasteiger partial charge in [-0.1, -0.05) is 0 Å². The van der Waals surface area contributed by atoms with E-state index in [0.717, 1.165) is 6.42 Å². The van der Waals surface area contributed by atoms with Crippen molar-refractivity contribution in [1.82, 2.24) is 0 Å². The average molecular weight is 417 g/mol. The van der Waals surface area contributed by atoms with Gasteiger partial charge in [-0.2, -0.15) is 0 Å². The SMILES string of the molecule is C=CC/C=[CH]/[Sn]([c]1ccccc1)([c]1ccccc1)[c]1ccccc1. The first-order valence-electron chi connectivity index (χ1n) is 8.33. The van der Waals surface area contributed by atoms with Crippen molar-refractivity contribution in [3.63, 3.8) is 0 Å². The Morgan fingerprint density at radius 3 is 1.33 bits per heavy atom. The minimum absolute atomic E-state index is 0.908. The van der Waals surface area contributed by atoms with Crippen molar-refractivity contribution in [3.05, 3.63) is 114 Å². The molecule has 0 saturated heterocycles. The first-order valence-corrected chi connectivity index (χ1v) is 14.3.